The average Bonchev–Trinajstić information content (AvgIpc) is 2.10. The molecule has 0 fully saturated rings. The van der Waals surface area contributed by atoms with E-state index in [1.54, 1.807) is 11.8 Å². The predicted molar refractivity (Wildman–Crippen MR) is 59.0 cm³/mol. The first-order valence-corrected chi connectivity index (χ1v) is 6.60. The van der Waals surface area contributed by atoms with Gasteiger partial charge in [0.2, 0.25) is 5.91 Å². The van der Waals surface area contributed by atoms with Crippen molar-refractivity contribution in [2.75, 3.05) is 17.3 Å². The lowest BCUT2D eigenvalue weighted by molar-refractivity contribution is -0.121. The first-order valence-electron chi connectivity index (χ1n) is 4.08. The summed E-state index contributed by atoms with van der Waals surface area (Å²) in [4.78, 5) is 11.2. The van der Waals surface area contributed by atoms with E-state index in [9.17, 15) is 4.79 Å². The molecule has 2 nitrogen and oxygen atoms in total. The van der Waals surface area contributed by atoms with Gasteiger partial charge in [-0.2, -0.15) is 11.8 Å². The Labute approximate surface area is 87.0 Å². The molecular weight excluding hydrogens is 238 g/mol. The Morgan fingerprint density at radius 1 is 1.67 bits per heavy atom. The van der Waals surface area contributed by atoms with Gasteiger partial charge in [0.25, 0.3) is 0 Å². The molecule has 0 aliphatic rings. The van der Waals surface area contributed by atoms with Crippen molar-refractivity contribution < 1.29 is 4.79 Å². The lowest BCUT2D eigenvalue weighted by Crippen LogP contribution is -2.35. The van der Waals surface area contributed by atoms with Crippen LogP contribution in [0.3, 0.4) is 0 Å². The maximum absolute atomic E-state index is 11.2. The van der Waals surface area contributed by atoms with Crippen molar-refractivity contribution in [1.29, 1.82) is 0 Å². The molecule has 0 aromatic rings. The molecule has 4 heteroatoms. The second kappa shape index (κ2) is 7.92. The van der Waals surface area contributed by atoms with Gasteiger partial charge in [-0.1, -0.05) is 22.9 Å². The third-order valence-electron chi connectivity index (χ3n) is 1.58. The highest BCUT2D eigenvalue weighted by atomic mass is 79.9. The topological polar surface area (TPSA) is 29.1 Å². The van der Waals surface area contributed by atoms with Crippen LogP contribution in [0.4, 0.5) is 0 Å². The van der Waals surface area contributed by atoms with Crippen LogP contribution in [0.15, 0.2) is 0 Å². The number of hydrogen-bond acceptors (Lipinski definition) is 2. The summed E-state index contributed by atoms with van der Waals surface area (Å²) in [5, 5.41) is 3.79. The van der Waals surface area contributed by atoms with Gasteiger partial charge in [-0.05, 0) is 12.7 Å². The normalized spacial score (nSPS) is 12.6. The van der Waals surface area contributed by atoms with Crippen LogP contribution in [-0.2, 0) is 4.79 Å². The Morgan fingerprint density at radius 2 is 2.33 bits per heavy atom. The van der Waals surface area contributed by atoms with Gasteiger partial charge in [0.05, 0.1) is 0 Å². The molecule has 1 unspecified atom stereocenters. The largest absolute Gasteiger partial charge is 0.353 e. The maximum atomic E-state index is 11.2. The molecule has 0 heterocycles. The highest BCUT2D eigenvalue weighted by Crippen LogP contribution is 1.99. The second-order valence-corrected chi connectivity index (χ2v) is 4.20. The minimum absolute atomic E-state index is 0.163. The van der Waals surface area contributed by atoms with E-state index in [2.05, 4.69) is 28.2 Å². The smallest absolute Gasteiger partial charge is 0.221 e. The Kier molecular flexibility index (Phi) is 8.12. The Balaban J connectivity index is 3.52. The fourth-order valence-electron chi connectivity index (χ4n) is 0.744. The van der Waals surface area contributed by atoms with Crippen molar-refractivity contribution in [3.8, 4) is 0 Å². The summed E-state index contributed by atoms with van der Waals surface area (Å²) < 4.78 is 0. The van der Waals surface area contributed by atoms with Crippen LogP contribution < -0.4 is 5.32 Å². The van der Waals surface area contributed by atoms with Crippen molar-refractivity contribution in [2.45, 2.75) is 25.8 Å². The zero-order valence-corrected chi connectivity index (χ0v) is 10.0. The minimum Gasteiger partial charge on any atom is -0.353 e. The molecule has 72 valence electrons. The molecule has 0 spiro atoms. The van der Waals surface area contributed by atoms with E-state index in [1.165, 1.54) is 0 Å². The Hall–Kier alpha value is 0.300. The molecule has 0 aromatic heterocycles. The number of hydrogen-bond donors (Lipinski definition) is 1. The Morgan fingerprint density at radius 3 is 2.75 bits per heavy atom. The average molecular weight is 254 g/mol. The molecule has 1 atom stereocenters. The summed E-state index contributed by atoms with van der Waals surface area (Å²) >= 11 is 5.05. The van der Waals surface area contributed by atoms with Crippen molar-refractivity contribution in [1.82, 2.24) is 5.32 Å². The van der Waals surface area contributed by atoms with Gasteiger partial charge in [0.15, 0.2) is 0 Å². The van der Waals surface area contributed by atoms with Crippen LogP contribution in [0.1, 0.15) is 19.8 Å². The summed E-state index contributed by atoms with van der Waals surface area (Å²) in [6.45, 7) is 2.07. The predicted octanol–water partition coefficient (Wildman–Crippen LogP) is 2.03. The number of nitrogens with one attached hydrogen (secondary N) is 1. The molecule has 1 amide bonds. The fourth-order valence-corrected chi connectivity index (χ4v) is 1.75. The van der Waals surface area contributed by atoms with E-state index < -0.39 is 0 Å². The zero-order chi connectivity index (χ0) is 9.40. The molecule has 0 aliphatic carbocycles. The SMILES string of the molecule is CCC(CBr)NC(=O)CCSC. The summed E-state index contributed by atoms with van der Waals surface area (Å²) in [7, 11) is 0. The van der Waals surface area contributed by atoms with E-state index in [-0.39, 0.29) is 5.91 Å². The minimum atomic E-state index is 0.163. The van der Waals surface area contributed by atoms with Gasteiger partial charge in [-0.25, -0.2) is 0 Å². The van der Waals surface area contributed by atoms with Crippen LogP contribution in [0.5, 0.6) is 0 Å². The maximum Gasteiger partial charge on any atom is 0.221 e. The van der Waals surface area contributed by atoms with Gasteiger partial charge >= 0.3 is 0 Å². The standard InChI is InChI=1S/C8H16BrNOS/c1-3-7(6-9)10-8(11)4-5-12-2/h7H,3-6H2,1-2H3,(H,10,11). The lowest BCUT2D eigenvalue weighted by Gasteiger charge is -2.13. The summed E-state index contributed by atoms with van der Waals surface area (Å²) in [6, 6.07) is 0.291. The van der Waals surface area contributed by atoms with Crippen LogP contribution in [0.2, 0.25) is 0 Å². The summed E-state index contributed by atoms with van der Waals surface area (Å²) in [6.07, 6.45) is 3.62. The first kappa shape index (κ1) is 12.3. The third kappa shape index (κ3) is 5.89. The molecule has 0 rings (SSSR count). The number of thioether (sulfide) groups is 1. The van der Waals surface area contributed by atoms with Gasteiger partial charge in [-0.3, -0.25) is 4.79 Å². The molecule has 1 N–H and O–H groups in total. The number of alkyl halides is 1. The summed E-state index contributed by atoms with van der Waals surface area (Å²) in [5.74, 6) is 1.07. The first-order chi connectivity index (χ1) is 5.74. The van der Waals surface area contributed by atoms with E-state index in [0.717, 1.165) is 17.5 Å². The number of rotatable bonds is 6. The Bertz CT molecular complexity index is 128. The fraction of sp³-hybridized carbons (Fsp3) is 0.875. The van der Waals surface area contributed by atoms with Crippen molar-refractivity contribution in [3.63, 3.8) is 0 Å². The zero-order valence-electron chi connectivity index (χ0n) is 7.60. The van der Waals surface area contributed by atoms with Crippen molar-refractivity contribution in [3.05, 3.63) is 0 Å². The third-order valence-corrected chi connectivity index (χ3v) is 2.97. The highest BCUT2D eigenvalue weighted by Gasteiger charge is 2.07. The van der Waals surface area contributed by atoms with Crippen LogP contribution in [-0.4, -0.2) is 29.3 Å². The van der Waals surface area contributed by atoms with Gasteiger partial charge < -0.3 is 5.32 Å². The van der Waals surface area contributed by atoms with Gasteiger partial charge in [0.1, 0.15) is 0 Å². The molecule has 0 aromatic carbocycles. The van der Waals surface area contributed by atoms with Crippen molar-refractivity contribution >= 4 is 33.6 Å². The number of amides is 1. The van der Waals surface area contributed by atoms with Gasteiger partial charge in [-0.15, -0.1) is 0 Å². The second-order valence-electron chi connectivity index (χ2n) is 2.57. The monoisotopic (exact) mass is 253 g/mol. The number of carbonyl (C=O) groups excluding carboxylic acids is 1. The summed E-state index contributed by atoms with van der Waals surface area (Å²) in [5.41, 5.74) is 0. The molecule has 0 aliphatic heterocycles. The van der Waals surface area contributed by atoms with Crippen LogP contribution in [0, 0.1) is 0 Å². The number of carbonyl (C=O) groups is 1. The highest BCUT2D eigenvalue weighted by molar-refractivity contribution is 9.09. The molecule has 0 saturated carbocycles. The quantitative estimate of drug-likeness (QED) is 0.735. The van der Waals surface area contributed by atoms with Crippen LogP contribution in [0.25, 0.3) is 0 Å². The van der Waals surface area contributed by atoms with E-state index in [1.807, 2.05) is 6.26 Å². The van der Waals surface area contributed by atoms with Crippen molar-refractivity contribution in [2.24, 2.45) is 0 Å². The molecule has 0 radical (unpaired) electrons. The van der Waals surface area contributed by atoms with E-state index in [0.29, 0.717) is 12.5 Å². The molecule has 0 saturated heterocycles. The van der Waals surface area contributed by atoms with Gasteiger partial charge in [0, 0.05) is 23.5 Å². The molecule has 12 heavy (non-hydrogen) atoms. The van der Waals surface area contributed by atoms with E-state index >= 15 is 0 Å². The molecular formula is C8H16BrNOS. The number of halogens is 1. The lowest BCUT2D eigenvalue weighted by atomic mass is 10.2. The van der Waals surface area contributed by atoms with Crippen LogP contribution >= 0.6 is 27.7 Å². The van der Waals surface area contributed by atoms with E-state index in [4.69, 9.17) is 0 Å². The molecule has 0 bridgehead atoms.